The molecule has 1 aromatic heterocycles. The van der Waals surface area contributed by atoms with E-state index in [4.69, 9.17) is 4.42 Å². The Morgan fingerprint density at radius 3 is 2.50 bits per heavy atom. The molecule has 5 heteroatoms. The fraction of sp³-hybridized carbons (Fsp3) is 0.263. The topological polar surface area (TPSA) is 69.3 Å². The summed E-state index contributed by atoms with van der Waals surface area (Å²) in [6.07, 6.45) is 3.13. The molecule has 0 unspecified atom stereocenters. The molecule has 1 heterocycles. The van der Waals surface area contributed by atoms with Crippen LogP contribution in [-0.2, 0) is 11.3 Å². The number of benzene rings is 1. The number of nitrogens with zero attached hydrogens (tertiary/aromatic N) is 2. The van der Waals surface area contributed by atoms with Crippen LogP contribution in [0, 0.1) is 11.3 Å². The minimum Gasteiger partial charge on any atom is -0.467 e. The Morgan fingerprint density at radius 2 is 1.96 bits per heavy atom. The third-order valence-electron chi connectivity index (χ3n) is 3.70. The SMILES string of the molecule is CCN(CC)c1ccc(/C=C(\C#N)C(=O)NCc2ccco2)cc1. The van der Waals surface area contributed by atoms with E-state index in [1.54, 1.807) is 24.5 Å². The molecular weight excluding hydrogens is 302 g/mol. The number of carbonyl (C=O) groups excluding carboxylic acids is 1. The molecule has 0 bridgehead atoms. The summed E-state index contributed by atoms with van der Waals surface area (Å²) in [5.74, 6) is 0.228. The molecule has 1 aromatic carbocycles. The molecule has 0 saturated carbocycles. The normalized spacial score (nSPS) is 11.0. The van der Waals surface area contributed by atoms with Crippen molar-refractivity contribution >= 4 is 17.7 Å². The van der Waals surface area contributed by atoms with E-state index in [9.17, 15) is 10.1 Å². The Labute approximate surface area is 142 Å². The van der Waals surface area contributed by atoms with E-state index in [0.29, 0.717) is 5.76 Å². The maximum Gasteiger partial charge on any atom is 0.262 e. The second-order valence-corrected chi connectivity index (χ2v) is 5.20. The summed E-state index contributed by atoms with van der Waals surface area (Å²) in [6.45, 7) is 6.34. The van der Waals surface area contributed by atoms with Crippen LogP contribution in [0.5, 0.6) is 0 Å². The van der Waals surface area contributed by atoms with E-state index in [1.165, 1.54) is 0 Å². The van der Waals surface area contributed by atoms with Crippen LogP contribution < -0.4 is 10.2 Å². The van der Waals surface area contributed by atoms with Gasteiger partial charge < -0.3 is 14.6 Å². The summed E-state index contributed by atoms with van der Waals surface area (Å²) in [6, 6.07) is 13.3. The van der Waals surface area contributed by atoms with Gasteiger partial charge in [0.1, 0.15) is 17.4 Å². The molecule has 0 spiro atoms. The number of hydrogen-bond donors (Lipinski definition) is 1. The van der Waals surface area contributed by atoms with Crippen LogP contribution in [-0.4, -0.2) is 19.0 Å². The fourth-order valence-electron chi connectivity index (χ4n) is 2.36. The highest BCUT2D eigenvalue weighted by molar-refractivity contribution is 6.01. The van der Waals surface area contributed by atoms with E-state index in [0.717, 1.165) is 24.3 Å². The van der Waals surface area contributed by atoms with Crippen LogP contribution in [0.4, 0.5) is 5.69 Å². The number of hydrogen-bond acceptors (Lipinski definition) is 4. The maximum absolute atomic E-state index is 12.1. The van der Waals surface area contributed by atoms with Crippen LogP contribution in [0.25, 0.3) is 6.08 Å². The van der Waals surface area contributed by atoms with Crippen LogP contribution in [0.3, 0.4) is 0 Å². The monoisotopic (exact) mass is 323 g/mol. The lowest BCUT2D eigenvalue weighted by Gasteiger charge is -2.20. The number of rotatable bonds is 7. The molecule has 1 amide bonds. The summed E-state index contributed by atoms with van der Waals surface area (Å²) in [5.41, 5.74) is 2.01. The molecule has 24 heavy (non-hydrogen) atoms. The number of furan rings is 1. The second-order valence-electron chi connectivity index (χ2n) is 5.20. The maximum atomic E-state index is 12.1. The van der Waals surface area contributed by atoms with Crippen molar-refractivity contribution in [2.45, 2.75) is 20.4 Å². The van der Waals surface area contributed by atoms with Crippen molar-refractivity contribution in [2.75, 3.05) is 18.0 Å². The minimum atomic E-state index is -0.415. The second kappa shape index (κ2) is 8.59. The zero-order valence-corrected chi connectivity index (χ0v) is 14.0. The predicted octanol–water partition coefficient (Wildman–Crippen LogP) is 3.35. The van der Waals surface area contributed by atoms with Gasteiger partial charge in [-0.25, -0.2) is 0 Å². The first kappa shape index (κ1) is 17.4. The van der Waals surface area contributed by atoms with E-state index in [1.807, 2.05) is 30.3 Å². The Morgan fingerprint density at radius 1 is 1.25 bits per heavy atom. The third kappa shape index (κ3) is 4.50. The zero-order valence-electron chi connectivity index (χ0n) is 14.0. The van der Waals surface area contributed by atoms with Gasteiger partial charge in [0.05, 0.1) is 12.8 Å². The van der Waals surface area contributed by atoms with Crippen molar-refractivity contribution < 1.29 is 9.21 Å². The summed E-state index contributed by atoms with van der Waals surface area (Å²) in [4.78, 5) is 14.3. The van der Waals surface area contributed by atoms with Gasteiger partial charge in [0.2, 0.25) is 0 Å². The first-order valence-corrected chi connectivity index (χ1v) is 7.95. The Kier molecular flexibility index (Phi) is 6.21. The first-order chi connectivity index (χ1) is 11.7. The molecule has 0 aliphatic heterocycles. The highest BCUT2D eigenvalue weighted by Gasteiger charge is 2.09. The lowest BCUT2D eigenvalue weighted by Crippen LogP contribution is -2.23. The van der Waals surface area contributed by atoms with Gasteiger partial charge in [0, 0.05) is 18.8 Å². The standard InChI is InChI=1S/C19H21N3O2/c1-3-22(4-2)17-9-7-15(8-10-17)12-16(13-20)19(23)21-14-18-6-5-11-24-18/h5-12H,3-4,14H2,1-2H3,(H,21,23)/b16-12+. The molecule has 2 aromatic rings. The largest absolute Gasteiger partial charge is 0.467 e. The van der Waals surface area contributed by atoms with E-state index < -0.39 is 5.91 Å². The van der Waals surface area contributed by atoms with Gasteiger partial charge in [-0.15, -0.1) is 0 Å². The molecule has 0 aliphatic carbocycles. The van der Waals surface area contributed by atoms with Crippen LogP contribution >= 0.6 is 0 Å². The summed E-state index contributed by atoms with van der Waals surface area (Å²) < 4.78 is 5.15. The predicted molar refractivity (Wildman–Crippen MR) is 94.1 cm³/mol. The first-order valence-electron chi connectivity index (χ1n) is 7.95. The van der Waals surface area contributed by atoms with E-state index in [2.05, 4.69) is 24.1 Å². The van der Waals surface area contributed by atoms with Gasteiger partial charge in [-0.1, -0.05) is 12.1 Å². The summed E-state index contributed by atoms with van der Waals surface area (Å²) in [7, 11) is 0. The van der Waals surface area contributed by atoms with Crippen molar-refractivity contribution in [1.29, 1.82) is 5.26 Å². The van der Waals surface area contributed by atoms with Gasteiger partial charge in [0.15, 0.2) is 0 Å². The van der Waals surface area contributed by atoms with Gasteiger partial charge in [-0.2, -0.15) is 5.26 Å². The molecule has 0 radical (unpaired) electrons. The van der Waals surface area contributed by atoms with Crippen molar-refractivity contribution in [3.8, 4) is 6.07 Å². The van der Waals surface area contributed by atoms with Crippen LogP contribution in [0.1, 0.15) is 25.2 Å². The molecule has 0 fully saturated rings. The van der Waals surface area contributed by atoms with Gasteiger partial charge in [-0.05, 0) is 49.8 Å². The zero-order chi connectivity index (χ0) is 17.4. The summed E-state index contributed by atoms with van der Waals surface area (Å²) in [5, 5.41) is 11.9. The van der Waals surface area contributed by atoms with Crippen molar-refractivity contribution in [3.05, 3.63) is 59.6 Å². The molecule has 0 atom stereocenters. The lowest BCUT2D eigenvalue weighted by molar-refractivity contribution is -0.117. The van der Waals surface area contributed by atoms with E-state index in [-0.39, 0.29) is 12.1 Å². The number of amides is 1. The van der Waals surface area contributed by atoms with Crippen LogP contribution in [0.2, 0.25) is 0 Å². The van der Waals surface area contributed by atoms with Gasteiger partial charge in [0.25, 0.3) is 5.91 Å². The lowest BCUT2D eigenvalue weighted by atomic mass is 10.1. The van der Waals surface area contributed by atoms with E-state index >= 15 is 0 Å². The Bertz CT molecular complexity index is 721. The number of anilines is 1. The molecule has 1 N–H and O–H groups in total. The summed E-state index contributed by atoms with van der Waals surface area (Å²) >= 11 is 0. The quantitative estimate of drug-likeness (QED) is 0.626. The third-order valence-corrected chi connectivity index (χ3v) is 3.70. The van der Waals surface area contributed by atoms with Crippen molar-refractivity contribution in [2.24, 2.45) is 0 Å². The Balaban J connectivity index is 2.06. The Hall–Kier alpha value is -3.00. The minimum absolute atomic E-state index is 0.0668. The molecule has 2 rings (SSSR count). The van der Waals surface area contributed by atoms with Crippen LogP contribution in [0.15, 0.2) is 52.7 Å². The van der Waals surface area contributed by atoms with Crippen molar-refractivity contribution in [1.82, 2.24) is 5.32 Å². The number of carbonyl (C=O) groups is 1. The molecule has 124 valence electrons. The molecular formula is C19H21N3O2. The highest BCUT2D eigenvalue weighted by atomic mass is 16.3. The average Bonchev–Trinajstić information content (AvgIpc) is 3.13. The fourth-order valence-corrected chi connectivity index (χ4v) is 2.36. The average molecular weight is 323 g/mol. The highest BCUT2D eigenvalue weighted by Crippen LogP contribution is 2.16. The smallest absolute Gasteiger partial charge is 0.262 e. The molecule has 0 saturated heterocycles. The van der Waals surface area contributed by atoms with Gasteiger partial charge >= 0.3 is 0 Å². The molecule has 0 aliphatic rings. The van der Waals surface area contributed by atoms with Gasteiger partial charge in [-0.3, -0.25) is 4.79 Å². The van der Waals surface area contributed by atoms with Crippen molar-refractivity contribution in [3.63, 3.8) is 0 Å². The number of nitriles is 1. The molecule has 5 nitrogen and oxygen atoms in total. The number of nitrogens with one attached hydrogen (secondary N) is 1.